The van der Waals surface area contributed by atoms with Crippen LogP contribution in [-0.4, -0.2) is 21.6 Å². The highest BCUT2D eigenvalue weighted by molar-refractivity contribution is 7.91. The molecule has 0 amide bonds. The number of thiophene rings is 1. The molecule has 3 rings (SSSR count). The number of ether oxygens (including phenoxy) is 1. The fraction of sp³-hybridized carbons (Fsp3) is 0.412. The van der Waals surface area contributed by atoms with Crippen LogP contribution < -0.4 is 9.46 Å². The Morgan fingerprint density at radius 1 is 1.13 bits per heavy atom. The summed E-state index contributed by atoms with van der Waals surface area (Å²) < 4.78 is 32.8. The van der Waals surface area contributed by atoms with Crippen molar-refractivity contribution in [2.24, 2.45) is 0 Å². The third kappa shape index (κ3) is 4.13. The van der Waals surface area contributed by atoms with Gasteiger partial charge in [0.1, 0.15) is 16.6 Å². The molecule has 2 aromatic rings. The van der Waals surface area contributed by atoms with Crippen LogP contribution in [0.15, 0.2) is 34.5 Å². The molecule has 0 aliphatic heterocycles. The van der Waals surface area contributed by atoms with Crippen molar-refractivity contribution >= 4 is 21.4 Å². The number of rotatable bonds is 6. The first-order valence-corrected chi connectivity index (χ1v) is 10.2. The number of hydrogen-bond acceptors (Lipinski definition) is 4. The van der Waals surface area contributed by atoms with Crippen LogP contribution >= 0.6 is 11.3 Å². The highest BCUT2D eigenvalue weighted by atomic mass is 32.2. The standard InChI is InChI=1S/C17H21NO3S2/c1-13-6-9-17(22-13)23(19,20)18-10-11-21-16-8-7-14-4-2-3-5-15(14)12-16/h6-9,12,18H,2-5,10-11H2,1H3. The highest BCUT2D eigenvalue weighted by Gasteiger charge is 2.15. The second-order valence-electron chi connectivity index (χ2n) is 5.75. The van der Waals surface area contributed by atoms with E-state index >= 15 is 0 Å². The Bertz CT molecular complexity index is 781. The number of benzene rings is 1. The van der Waals surface area contributed by atoms with E-state index in [1.54, 1.807) is 6.07 Å². The van der Waals surface area contributed by atoms with Gasteiger partial charge in [-0.15, -0.1) is 11.3 Å². The molecule has 6 heteroatoms. The molecular formula is C17H21NO3S2. The Hall–Kier alpha value is -1.37. The number of aryl methyl sites for hydroxylation is 3. The van der Waals surface area contributed by atoms with Gasteiger partial charge in [0.25, 0.3) is 0 Å². The van der Waals surface area contributed by atoms with Crippen molar-refractivity contribution in [3.05, 3.63) is 46.3 Å². The normalized spacial score (nSPS) is 14.5. The second-order valence-corrected chi connectivity index (χ2v) is 9.03. The zero-order valence-electron chi connectivity index (χ0n) is 13.2. The largest absolute Gasteiger partial charge is 0.492 e. The van der Waals surface area contributed by atoms with Crippen LogP contribution in [0.4, 0.5) is 0 Å². The van der Waals surface area contributed by atoms with E-state index in [0.29, 0.717) is 10.8 Å². The summed E-state index contributed by atoms with van der Waals surface area (Å²) in [5.74, 6) is 0.816. The molecule has 0 saturated heterocycles. The number of nitrogens with one attached hydrogen (secondary N) is 1. The third-order valence-corrected chi connectivity index (χ3v) is 6.92. The summed E-state index contributed by atoms with van der Waals surface area (Å²) in [4.78, 5) is 0.982. The first-order chi connectivity index (χ1) is 11.0. The van der Waals surface area contributed by atoms with Crippen LogP contribution in [0.2, 0.25) is 0 Å². The van der Waals surface area contributed by atoms with Crippen molar-refractivity contribution in [2.45, 2.75) is 36.8 Å². The second kappa shape index (κ2) is 7.03. The topological polar surface area (TPSA) is 55.4 Å². The lowest BCUT2D eigenvalue weighted by Gasteiger charge is -2.16. The molecule has 4 nitrogen and oxygen atoms in total. The van der Waals surface area contributed by atoms with Gasteiger partial charge >= 0.3 is 0 Å². The number of sulfonamides is 1. The summed E-state index contributed by atoms with van der Waals surface area (Å²) >= 11 is 1.27. The van der Waals surface area contributed by atoms with E-state index in [1.807, 2.05) is 19.1 Å². The van der Waals surface area contributed by atoms with Crippen LogP contribution in [0, 0.1) is 6.92 Å². The van der Waals surface area contributed by atoms with Gasteiger partial charge in [0.15, 0.2) is 0 Å². The molecule has 1 aromatic heterocycles. The maximum Gasteiger partial charge on any atom is 0.250 e. The zero-order valence-corrected chi connectivity index (χ0v) is 14.8. The molecule has 0 bridgehead atoms. The molecule has 1 aliphatic rings. The van der Waals surface area contributed by atoms with E-state index in [0.717, 1.165) is 23.5 Å². The van der Waals surface area contributed by atoms with Gasteiger partial charge in [0.2, 0.25) is 10.0 Å². The van der Waals surface area contributed by atoms with Gasteiger partial charge in [-0.25, -0.2) is 13.1 Å². The molecule has 1 aliphatic carbocycles. The Morgan fingerprint density at radius 2 is 1.91 bits per heavy atom. The molecule has 23 heavy (non-hydrogen) atoms. The molecule has 124 valence electrons. The van der Waals surface area contributed by atoms with Gasteiger partial charge in [0.05, 0.1) is 0 Å². The van der Waals surface area contributed by atoms with Crippen molar-refractivity contribution in [3.63, 3.8) is 0 Å². The average molecular weight is 351 g/mol. The van der Waals surface area contributed by atoms with Crippen LogP contribution in [0.25, 0.3) is 0 Å². The first-order valence-electron chi connectivity index (χ1n) is 7.85. The lowest BCUT2D eigenvalue weighted by atomic mass is 9.92. The van der Waals surface area contributed by atoms with Crippen molar-refractivity contribution in [3.8, 4) is 5.75 Å². The first kappa shape index (κ1) is 16.5. The average Bonchev–Trinajstić information content (AvgIpc) is 2.99. The Kier molecular flexibility index (Phi) is 5.04. The molecule has 0 unspecified atom stereocenters. The summed E-state index contributed by atoms with van der Waals surface area (Å²) in [6, 6.07) is 9.63. The van der Waals surface area contributed by atoms with Gasteiger partial charge in [-0.1, -0.05) is 6.07 Å². The smallest absolute Gasteiger partial charge is 0.250 e. The summed E-state index contributed by atoms with van der Waals surface area (Å²) in [6.07, 6.45) is 4.75. The van der Waals surface area contributed by atoms with Crippen molar-refractivity contribution < 1.29 is 13.2 Å². The van der Waals surface area contributed by atoms with E-state index in [-0.39, 0.29) is 6.54 Å². The Labute approximate surface area is 141 Å². The summed E-state index contributed by atoms with van der Waals surface area (Å²) in [5.41, 5.74) is 2.78. The maximum absolute atomic E-state index is 12.1. The van der Waals surface area contributed by atoms with Gasteiger partial charge in [-0.3, -0.25) is 0 Å². The molecule has 0 saturated carbocycles. The SMILES string of the molecule is Cc1ccc(S(=O)(=O)NCCOc2ccc3c(c2)CCCC3)s1. The maximum atomic E-state index is 12.1. The van der Waals surface area contributed by atoms with Crippen LogP contribution in [0.5, 0.6) is 5.75 Å². The molecule has 1 heterocycles. The molecule has 1 aromatic carbocycles. The minimum Gasteiger partial charge on any atom is -0.492 e. The van der Waals surface area contributed by atoms with E-state index in [4.69, 9.17) is 4.74 Å². The van der Waals surface area contributed by atoms with Gasteiger partial charge < -0.3 is 4.74 Å². The molecule has 0 spiro atoms. The monoisotopic (exact) mass is 351 g/mol. The lowest BCUT2D eigenvalue weighted by Crippen LogP contribution is -2.27. The predicted molar refractivity (Wildman–Crippen MR) is 92.8 cm³/mol. The number of hydrogen-bond donors (Lipinski definition) is 1. The van der Waals surface area contributed by atoms with Crippen LogP contribution in [-0.2, 0) is 22.9 Å². The lowest BCUT2D eigenvalue weighted by molar-refractivity contribution is 0.322. The Morgan fingerprint density at radius 3 is 2.65 bits per heavy atom. The van der Waals surface area contributed by atoms with Crippen molar-refractivity contribution in [1.29, 1.82) is 0 Å². The molecule has 1 N–H and O–H groups in total. The minimum absolute atomic E-state index is 0.260. The Balaban J connectivity index is 1.52. The highest BCUT2D eigenvalue weighted by Crippen LogP contribution is 2.25. The number of fused-ring (bicyclic) bond motifs is 1. The summed E-state index contributed by atoms with van der Waals surface area (Å²) in [6.45, 7) is 2.47. The molecule has 0 atom stereocenters. The van der Waals surface area contributed by atoms with Gasteiger partial charge in [-0.05, 0) is 68.0 Å². The van der Waals surface area contributed by atoms with Crippen LogP contribution in [0.1, 0.15) is 28.8 Å². The van der Waals surface area contributed by atoms with Crippen molar-refractivity contribution in [1.82, 2.24) is 4.72 Å². The van der Waals surface area contributed by atoms with E-state index in [2.05, 4.69) is 16.9 Å². The van der Waals surface area contributed by atoms with Gasteiger partial charge in [-0.2, -0.15) is 0 Å². The van der Waals surface area contributed by atoms with E-state index in [9.17, 15) is 8.42 Å². The third-order valence-electron chi connectivity index (χ3n) is 3.96. The molecule has 0 radical (unpaired) electrons. The summed E-state index contributed by atoms with van der Waals surface area (Å²) in [7, 11) is -3.42. The van der Waals surface area contributed by atoms with E-state index < -0.39 is 10.0 Å². The minimum atomic E-state index is -3.42. The molecular weight excluding hydrogens is 330 g/mol. The fourth-order valence-electron chi connectivity index (χ4n) is 2.77. The van der Waals surface area contributed by atoms with Gasteiger partial charge in [0, 0.05) is 11.4 Å². The van der Waals surface area contributed by atoms with Crippen molar-refractivity contribution in [2.75, 3.05) is 13.2 Å². The zero-order chi connectivity index (χ0) is 16.3. The summed E-state index contributed by atoms with van der Waals surface area (Å²) in [5, 5.41) is 0. The van der Waals surface area contributed by atoms with Crippen LogP contribution in [0.3, 0.4) is 0 Å². The quantitative estimate of drug-likeness (QED) is 0.813. The van der Waals surface area contributed by atoms with E-state index in [1.165, 1.54) is 35.3 Å². The molecule has 0 fully saturated rings. The predicted octanol–water partition coefficient (Wildman–Crippen LogP) is 3.29. The fourth-order valence-corrected chi connectivity index (χ4v) is 5.11.